The third-order valence-corrected chi connectivity index (χ3v) is 3.68. The fourth-order valence-corrected chi connectivity index (χ4v) is 2.39. The van der Waals surface area contributed by atoms with E-state index in [1.807, 2.05) is 0 Å². The van der Waals surface area contributed by atoms with E-state index >= 15 is 0 Å². The first-order valence-electron chi connectivity index (χ1n) is 8.67. The minimum absolute atomic E-state index is 0.0592. The summed E-state index contributed by atoms with van der Waals surface area (Å²) >= 11 is 0. The van der Waals surface area contributed by atoms with Crippen molar-refractivity contribution in [2.75, 3.05) is 0 Å². The second-order valence-electron chi connectivity index (χ2n) is 6.49. The van der Waals surface area contributed by atoms with Crippen LogP contribution in [-0.2, 0) is 29.0 Å². The van der Waals surface area contributed by atoms with Gasteiger partial charge in [0.25, 0.3) is 5.89 Å². The third-order valence-electron chi connectivity index (χ3n) is 3.68. The van der Waals surface area contributed by atoms with Crippen LogP contribution in [0.5, 0.6) is 0 Å². The average Bonchev–Trinajstić information content (AvgIpc) is 3.28. The minimum Gasteiger partial charge on any atom is -0.456 e. The van der Waals surface area contributed by atoms with Crippen molar-refractivity contribution in [3.63, 3.8) is 0 Å². The topological polar surface area (TPSA) is 91.2 Å². The number of ether oxygens (including phenoxy) is 1. The second kappa shape index (κ2) is 8.57. The molecule has 0 N–H and O–H groups in total. The van der Waals surface area contributed by atoms with Crippen molar-refractivity contribution in [3.05, 3.63) is 53.9 Å². The Morgan fingerprint density at radius 3 is 2.74 bits per heavy atom. The van der Waals surface area contributed by atoms with Crippen LogP contribution in [0.4, 0.5) is 4.39 Å². The summed E-state index contributed by atoms with van der Waals surface area (Å²) in [5.74, 6) is 1.47. The van der Waals surface area contributed by atoms with E-state index in [1.54, 1.807) is 18.3 Å². The Bertz CT molecular complexity index is 887. The minimum atomic E-state index is -0.417. The number of aryl methyl sites for hydroxylation is 1. The lowest BCUT2D eigenvalue weighted by Crippen LogP contribution is -2.06. The standard InChI is InChI=1S/C19H20FN3O4/c1-12(2)9-16-22-18(27-23-16)11-25-19(24)8-7-17-21-10-15(26-17)13-3-5-14(20)6-4-13/h3-6,10,12H,7-9,11H2,1-2H3. The highest BCUT2D eigenvalue weighted by Gasteiger charge is 2.13. The van der Waals surface area contributed by atoms with E-state index in [9.17, 15) is 9.18 Å². The summed E-state index contributed by atoms with van der Waals surface area (Å²) in [5, 5.41) is 3.84. The van der Waals surface area contributed by atoms with Crippen LogP contribution in [-0.4, -0.2) is 21.1 Å². The Labute approximate surface area is 155 Å². The van der Waals surface area contributed by atoms with Crippen molar-refractivity contribution in [1.82, 2.24) is 15.1 Å². The van der Waals surface area contributed by atoms with Crippen LogP contribution in [0.15, 0.2) is 39.4 Å². The number of rotatable bonds is 8. The van der Waals surface area contributed by atoms with Gasteiger partial charge >= 0.3 is 5.97 Å². The molecule has 0 unspecified atom stereocenters. The molecular weight excluding hydrogens is 353 g/mol. The van der Waals surface area contributed by atoms with E-state index in [4.69, 9.17) is 13.7 Å². The maximum Gasteiger partial charge on any atom is 0.306 e. The molecule has 0 spiro atoms. The Morgan fingerprint density at radius 2 is 2.00 bits per heavy atom. The molecule has 7 nitrogen and oxygen atoms in total. The molecule has 2 heterocycles. The van der Waals surface area contributed by atoms with E-state index in [1.165, 1.54) is 12.1 Å². The maximum atomic E-state index is 13.0. The molecule has 8 heteroatoms. The van der Waals surface area contributed by atoms with E-state index in [0.717, 1.165) is 0 Å². The maximum absolute atomic E-state index is 13.0. The zero-order valence-electron chi connectivity index (χ0n) is 15.1. The number of hydrogen-bond donors (Lipinski definition) is 0. The highest BCUT2D eigenvalue weighted by molar-refractivity contribution is 5.69. The van der Waals surface area contributed by atoms with Crippen molar-refractivity contribution in [3.8, 4) is 11.3 Å². The molecule has 1 aromatic carbocycles. The van der Waals surface area contributed by atoms with Crippen LogP contribution >= 0.6 is 0 Å². The van der Waals surface area contributed by atoms with Gasteiger partial charge in [-0.25, -0.2) is 9.37 Å². The van der Waals surface area contributed by atoms with Crippen LogP contribution in [0.2, 0.25) is 0 Å². The summed E-state index contributed by atoms with van der Waals surface area (Å²) in [5.41, 5.74) is 0.714. The van der Waals surface area contributed by atoms with Crippen molar-refractivity contribution < 1.29 is 22.9 Å². The molecule has 0 aliphatic carbocycles. The van der Waals surface area contributed by atoms with Crippen molar-refractivity contribution in [2.24, 2.45) is 5.92 Å². The van der Waals surface area contributed by atoms with Gasteiger partial charge in [-0.15, -0.1) is 0 Å². The van der Waals surface area contributed by atoms with Gasteiger partial charge in [0.2, 0.25) is 0 Å². The fourth-order valence-electron chi connectivity index (χ4n) is 2.39. The Kier molecular flexibility index (Phi) is 5.95. The van der Waals surface area contributed by atoms with E-state index in [2.05, 4.69) is 29.0 Å². The van der Waals surface area contributed by atoms with Gasteiger partial charge in [0, 0.05) is 18.4 Å². The SMILES string of the molecule is CC(C)Cc1noc(COC(=O)CCc2ncc(-c3ccc(F)cc3)o2)n1. The first kappa shape index (κ1) is 18.8. The van der Waals surface area contributed by atoms with Crippen LogP contribution in [0.25, 0.3) is 11.3 Å². The fraction of sp³-hybridized carbons (Fsp3) is 0.368. The summed E-state index contributed by atoms with van der Waals surface area (Å²) in [7, 11) is 0. The normalized spacial score (nSPS) is 11.1. The van der Waals surface area contributed by atoms with E-state index in [-0.39, 0.29) is 24.7 Å². The second-order valence-corrected chi connectivity index (χ2v) is 6.49. The average molecular weight is 373 g/mol. The van der Waals surface area contributed by atoms with Gasteiger partial charge in [0.1, 0.15) is 5.82 Å². The highest BCUT2D eigenvalue weighted by Crippen LogP contribution is 2.21. The number of aromatic nitrogens is 3. The highest BCUT2D eigenvalue weighted by atomic mass is 19.1. The first-order chi connectivity index (χ1) is 13.0. The number of esters is 1. The van der Waals surface area contributed by atoms with E-state index < -0.39 is 5.97 Å². The first-order valence-corrected chi connectivity index (χ1v) is 8.67. The molecule has 0 aliphatic heterocycles. The molecule has 0 saturated heterocycles. The van der Waals surface area contributed by atoms with E-state index in [0.29, 0.717) is 41.8 Å². The third kappa shape index (κ3) is 5.47. The molecule has 0 amide bonds. The van der Waals surface area contributed by atoms with Crippen LogP contribution in [0.3, 0.4) is 0 Å². The van der Waals surface area contributed by atoms with Crippen molar-refractivity contribution in [1.29, 1.82) is 0 Å². The molecular formula is C19H20FN3O4. The largest absolute Gasteiger partial charge is 0.456 e. The van der Waals surface area contributed by atoms with Gasteiger partial charge in [-0.05, 0) is 30.2 Å². The number of carbonyl (C=O) groups excluding carboxylic acids is 1. The summed E-state index contributed by atoms with van der Waals surface area (Å²) in [6.07, 6.45) is 2.65. The lowest BCUT2D eigenvalue weighted by molar-refractivity contribution is -0.145. The van der Waals surface area contributed by atoms with Crippen molar-refractivity contribution in [2.45, 2.75) is 39.7 Å². The number of carbonyl (C=O) groups is 1. The Balaban J connectivity index is 1.45. The molecule has 2 aromatic heterocycles. The monoisotopic (exact) mass is 373 g/mol. The van der Waals surface area contributed by atoms with Crippen LogP contribution in [0, 0.1) is 11.7 Å². The Morgan fingerprint density at radius 1 is 1.22 bits per heavy atom. The van der Waals surface area contributed by atoms with Gasteiger partial charge in [-0.2, -0.15) is 4.98 Å². The quantitative estimate of drug-likeness (QED) is 0.555. The smallest absolute Gasteiger partial charge is 0.306 e. The number of halogens is 1. The van der Waals surface area contributed by atoms with Crippen LogP contribution < -0.4 is 0 Å². The summed E-state index contributed by atoms with van der Waals surface area (Å²) in [6.45, 7) is 4.05. The molecule has 0 fully saturated rings. The molecule has 3 rings (SSSR count). The molecule has 0 aliphatic rings. The molecule has 0 radical (unpaired) electrons. The van der Waals surface area contributed by atoms with Gasteiger partial charge in [-0.3, -0.25) is 4.79 Å². The number of nitrogens with zero attached hydrogens (tertiary/aromatic N) is 3. The van der Waals surface area contributed by atoms with Crippen LogP contribution in [0.1, 0.15) is 37.9 Å². The summed E-state index contributed by atoms with van der Waals surface area (Å²) in [6, 6.07) is 5.90. The zero-order valence-corrected chi connectivity index (χ0v) is 15.1. The number of oxazole rings is 1. The predicted octanol–water partition coefficient (Wildman–Crippen LogP) is 3.74. The predicted molar refractivity (Wildman–Crippen MR) is 92.9 cm³/mol. The summed E-state index contributed by atoms with van der Waals surface area (Å²) < 4.78 is 28.7. The van der Waals surface area contributed by atoms with Gasteiger partial charge < -0.3 is 13.7 Å². The van der Waals surface area contributed by atoms with Crippen molar-refractivity contribution >= 4 is 5.97 Å². The molecule has 3 aromatic rings. The molecule has 0 atom stereocenters. The molecule has 27 heavy (non-hydrogen) atoms. The number of hydrogen-bond acceptors (Lipinski definition) is 7. The molecule has 0 saturated carbocycles. The lowest BCUT2D eigenvalue weighted by atomic mass is 10.1. The lowest BCUT2D eigenvalue weighted by Gasteiger charge is -2.00. The van der Waals surface area contributed by atoms with Gasteiger partial charge in [-0.1, -0.05) is 19.0 Å². The molecule has 142 valence electrons. The zero-order chi connectivity index (χ0) is 19.2. The Hall–Kier alpha value is -3.03. The van der Waals surface area contributed by atoms with Gasteiger partial charge in [0.15, 0.2) is 24.1 Å². The summed E-state index contributed by atoms with van der Waals surface area (Å²) in [4.78, 5) is 20.2. The van der Waals surface area contributed by atoms with Gasteiger partial charge in [0.05, 0.1) is 12.6 Å². The number of benzene rings is 1. The molecule has 0 bridgehead atoms.